The second-order valence-corrected chi connectivity index (χ2v) is 7.87. The van der Waals surface area contributed by atoms with Gasteiger partial charge >= 0.3 is 0 Å². The fourth-order valence-corrected chi connectivity index (χ4v) is 3.67. The molecule has 146 valence electrons. The number of anilines is 1. The van der Waals surface area contributed by atoms with E-state index in [1.807, 2.05) is 13.0 Å². The third kappa shape index (κ3) is 8.35. The molecule has 0 aromatic heterocycles. The highest BCUT2D eigenvalue weighted by Crippen LogP contribution is 2.19. The summed E-state index contributed by atoms with van der Waals surface area (Å²) in [5.74, 6) is 0.146. The molecule has 1 heterocycles. The largest absolute Gasteiger partial charge is 0.378 e. The summed E-state index contributed by atoms with van der Waals surface area (Å²) in [6.45, 7) is 5.07. The van der Waals surface area contributed by atoms with Crippen molar-refractivity contribution in [1.29, 1.82) is 0 Å². The topological polar surface area (TPSA) is 38.3 Å². The molecule has 1 fully saturated rings. The monoisotopic (exact) mass is 359 g/mol. The van der Waals surface area contributed by atoms with E-state index in [0.717, 1.165) is 30.7 Å². The molecular formula is C23H37NO2. The molecule has 1 saturated heterocycles. The van der Waals surface area contributed by atoms with Crippen LogP contribution in [0.4, 0.5) is 5.69 Å². The summed E-state index contributed by atoms with van der Waals surface area (Å²) >= 11 is 0. The van der Waals surface area contributed by atoms with Gasteiger partial charge in [-0.2, -0.15) is 0 Å². The third-order valence-electron chi connectivity index (χ3n) is 5.37. The molecule has 3 nitrogen and oxygen atoms in total. The highest BCUT2D eigenvalue weighted by molar-refractivity contribution is 5.91. The van der Waals surface area contributed by atoms with Crippen LogP contribution in [0.15, 0.2) is 18.2 Å². The molecule has 0 bridgehead atoms. The second kappa shape index (κ2) is 12.1. The van der Waals surface area contributed by atoms with E-state index in [1.165, 1.54) is 63.4 Å². The number of nitrogens with one attached hydrogen (secondary N) is 1. The number of unbranched alkanes of at least 4 members (excludes halogenated alkanes) is 7. The summed E-state index contributed by atoms with van der Waals surface area (Å²) in [6.07, 6.45) is 15.0. The minimum Gasteiger partial charge on any atom is -0.378 e. The zero-order valence-corrected chi connectivity index (χ0v) is 16.8. The van der Waals surface area contributed by atoms with Gasteiger partial charge in [0.2, 0.25) is 5.91 Å². The van der Waals surface area contributed by atoms with Crippen molar-refractivity contribution in [2.45, 2.75) is 97.0 Å². The van der Waals surface area contributed by atoms with Crippen LogP contribution < -0.4 is 5.32 Å². The van der Waals surface area contributed by atoms with E-state index in [9.17, 15) is 4.79 Å². The number of carbonyl (C=O) groups excluding carboxylic acids is 1. The molecule has 1 amide bonds. The molecule has 0 saturated carbocycles. The maximum atomic E-state index is 12.1. The molecule has 2 rings (SSSR count). The molecule has 1 aromatic rings. The lowest BCUT2D eigenvalue weighted by molar-refractivity contribution is -0.116. The van der Waals surface area contributed by atoms with Crippen molar-refractivity contribution >= 4 is 11.6 Å². The van der Waals surface area contributed by atoms with E-state index >= 15 is 0 Å². The molecule has 1 N–H and O–H groups in total. The van der Waals surface area contributed by atoms with Gasteiger partial charge in [0, 0.05) is 18.7 Å². The minimum absolute atomic E-state index is 0.146. The zero-order valence-electron chi connectivity index (χ0n) is 16.8. The number of aryl methyl sites for hydroxylation is 2. The number of benzene rings is 1. The molecule has 1 aromatic carbocycles. The second-order valence-electron chi connectivity index (χ2n) is 7.87. The predicted molar refractivity (Wildman–Crippen MR) is 110 cm³/mol. The van der Waals surface area contributed by atoms with Crippen LogP contribution in [0.25, 0.3) is 0 Å². The Kier molecular flexibility index (Phi) is 9.76. The van der Waals surface area contributed by atoms with Gasteiger partial charge in [-0.1, -0.05) is 57.1 Å². The van der Waals surface area contributed by atoms with Crippen LogP contribution in [0.5, 0.6) is 0 Å². The Morgan fingerprint density at radius 3 is 2.42 bits per heavy atom. The highest BCUT2D eigenvalue weighted by Gasteiger charge is 2.14. The van der Waals surface area contributed by atoms with Crippen molar-refractivity contribution in [3.8, 4) is 0 Å². The minimum atomic E-state index is 0.146. The fraction of sp³-hybridized carbons (Fsp3) is 0.696. The van der Waals surface area contributed by atoms with E-state index in [1.54, 1.807) is 0 Å². The summed E-state index contributed by atoms with van der Waals surface area (Å²) < 4.78 is 5.66. The van der Waals surface area contributed by atoms with E-state index in [0.29, 0.717) is 12.5 Å². The van der Waals surface area contributed by atoms with Gasteiger partial charge in [-0.25, -0.2) is 0 Å². The molecule has 1 unspecified atom stereocenters. The van der Waals surface area contributed by atoms with Gasteiger partial charge in [-0.15, -0.1) is 0 Å². The lowest BCUT2D eigenvalue weighted by atomic mass is 10.0. The highest BCUT2D eigenvalue weighted by atomic mass is 16.5. The zero-order chi connectivity index (χ0) is 18.6. The van der Waals surface area contributed by atoms with Crippen molar-refractivity contribution < 1.29 is 9.53 Å². The van der Waals surface area contributed by atoms with Crippen LogP contribution in [0.3, 0.4) is 0 Å². The number of hydrogen-bond donors (Lipinski definition) is 1. The van der Waals surface area contributed by atoms with Gasteiger partial charge in [0.1, 0.15) is 0 Å². The Morgan fingerprint density at radius 2 is 1.73 bits per heavy atom. The van der Waals surface area contributed by atoms with E-state index in [-0.39, 0.29) is 5.91 Å². The van der Waals surface area contributed by atoms with Gasteiger partial charge in [-0.05, 0) is 56.7 Å². The molecule has 0 spiro atoms. The summed E-state index contributed by atoms with van der Waals surface area (Å²) in [5.41, 5.74) is 3.27. The van der Waals surface area contributed by atoms with Gasteiger partial charge < -0.3 is 10.1 Å². The van der Waals surface area contributed by atoms with Crippen LogP contribution >= 0.6 is 0 Å². The van der Waals surface area contributed by atoms with Crippen LogP contribution in [0, 0.1) is 13.8 Å². The van der Waals surface area contributed by atoms with Gasteiger partial charge in [-0.3, -0.25) is 4.79 Å². The van der Waals surface area contributed by atoms with Crippen molar-refractivity contribution in [2.75, 3.05) is 11.9 Å². The predicted octanol–water partition coefficient (Wildman–Crippen LogP) is 6.32. The molecule has 1 aliphatic rings. The quantitative estimate of drug-likeness (QED) is 0.443. The lowest BCUT2D eigenvalue weighted by Crippen LogP contribution is -2.12. The maximum Gasteiger partial charge on any atom is 0.224 e. The average molecular weight is 360 g/mol. The van der Waals surface area contributed by atoms with Crippen molar-refractivity contribution in [1.82, 2.24) is 0 Å². The average Bonchev–Trinajstić information content (AvgIpc) is 3.13. The molecule has 26 heavy (non-hydrogen) atoms. The maximum absolute atomic E-state index is 12.1. The molecule has 0 radical (unpaired) electrons. The summed E-state index contributed by atoms with van der Waals surface area (Å²) in [5, 5.41) is 3.05. The number of rotatable bonds is 12. The standard InChI is InChI=1S/C23H37NO2/c1-19-15-16-20(2)22(18-19)24-23(25)14-10-8-6-4-3-5-7-9-12-21-13-11-17-26-21/h15-16,18,21H,3-14,17H2,1-2H3,(H,24,25). The Hall–Kier alpha value is -1.35. The Balaban J connectivity index is 1.41. The molecule has 1 aliphatic heterocycles. The Morgan fingerprint density at radius 1 is 1.04 bits per heavy atom. The van der Waals surface area contributed by atoms with Gasteiger partial charge in [0.15, 0.2) is 0 Å². The Labute approximate surface area is 159 Å². The number of amides is 1. The lowest BCUT2D eigenvalue weighted by Gasteiger charge is -2.09. The summed E-state index contributed by atoms with van der Waals surface area (Å²) in [4.78, 5) is 12.1. The van der Waals surface area contributed by atoms with Crippen molar-refractivity contribution in [3.05, 3.63) is 29.3 Å². The first-order chi connectivity index (χ1) is 12.6. The normalized spacial score (nSPS) is 16.8. The van der Waals surface area contributed by atoms with Crippen LogP contribution in [-0.2, 0) is 9.53 Å². The smallest absolute Gasteiger partial charge is 0.224 e. The molecular weight excluding hydrogens is 322 g/mol. The first-order valence-corrected chi connectivity index (χ1v) is 10.6. The first kappa shape index (κ1) is 21.0. The number of hydrogen-bond acceptors (Lipinski definition) is 2. The van der Waals surface area contributed by atoms with Crippen LogP contribution in [-0.4, -0.2) is 18.6 Å². The van der Waals surface area contributed by atoms with Gasteiger partial charge in [0.25, 0.3) is 0 Å². The van der Waals surface area contributed by atoms with Crippen LogP contribution in [0.2, 0.25) is 0 Å². The number of carbonyl (C=O) groups is 1. The molecule has 1 atom stereocenters. The first-order valence-electron chi connectivity index (χ1n) is 10.6. The Bertz CT molecular complexity index is 535. The number of ether oxygens (including phenoxy) is 1. The van der Waals surface area contributed by atoms with E-state index < -0.39 is 0 Å². The molecule has 3 heteroatoms. The summed E-state index contributed by atoms with van der Waals surface area (Å²) in [7, 11) is 0. The van der Waals surface area contributed by atoms with Crippen molar-refractivity contribution in [2.24, 2.45) is 0 Å². The third-order valence-corrected chi connectivity index (χ3v) is 5.37. The fourth-order valence-electron chi connectivity index (χ4n) is 3.67. The molecule has 0 aliphatic carbocycles. The van der Waals surface area contributed by atoms with Crippen molar-refractivity contribution in [3.63, 3.8) is 0 Å². The van der Waals surface area contributed by atoms with E-state index in [2.05, 4.69) is 24.4 Å². The van der Waals surface area contributed by atoms with E-state index in [4.69, 9.17) is 4.74 Å². The SMILES string of the molecule is Cc1ccc(C)c(NC(=O)CCCCCCCCCCC2CCCO2)c1. The van der Waals surface area contributed by atoms with Crippen LogP contribution in [0.1, 0.15) is 88.2 Å². The summed E-state index contributed by atoms with van der Waals surface area (Å²) in [6, 6.07) is 6.19. The van der Waals surface area contributed by atoms with Gasteiger partial charge in [0.05, 0.1) is 6.10 Å².